The van der Waals surface area contributed by atoms with Gasteiger partial charge in [-0.25, -0.2) is 0 Å². The molecule has 0 aromatic rings. The van der Waals surface area contributed by atoms with Crippen molar-refractivity contribution in [2.75, 3.05) is 13.2 Å². The maximum atomic E-state index is 5.47. The Labute approximate surface area is 76.3 Å². The first-order valence-electron chi connectivity index (χ1n) is 4.87. The van der Waals surface area contributed by atoms with Crippen LogP contribution < -0.4 is 0 Å². The van der Waals surface area contributed by atoms with Gasteiger partial charge in [0, 0.05) is 13.2 Å². The van der Waals surface area contributed by atoms with Crippen molar-refractivity contribution < 1.29 is 9.47 Å². The van der Waals surface area contributed by atoms with Crippen LogP contribution in [0.2, 0.25) is 0 Å². The molecule has 0 aromatic heterocycles. The zero-order valence-corrected chi connectivity index (χ0v) is 8.34. The Hall–Kier alpha value is -0.0800. The fraction of sp³-hybridized carbons (Fsp3) is 0.900. The van der Waals surface area contributed by atoms with Gasteiger partial charge in [-0.2, -0.15) is 0 Å². The second-order valence-corrected chi connectivity index (χ2v) is 2.81. The molecule has 0 aromatic carbocycles. The third-order valence-corrected chi connectivity index (χ3v) is 1.46. The summed E-state index contributed by atoms with van der Waals surface area (Å²) in [6.07, 6.45) is 3.84. The summed E-state index contributed by atoms with van der Waals surface area (Å²) in [6, 6.07) is 0. The van der Waals surface area contributed by atoms with Crippen LogP contribution in [0.4, 0.5) is 0 Å². The first-order chi connectivity index (χ1) is 5.85. The van der Waals surface area contributed by atoms with Crippen LogP contribution in [0.3, 0.4) is 0 Å². The second-order valence-electron chi connectivity index (χ2n) is 2.81. The van der Waals surface area contributed by atoms with Gasteiger partial charge in [-0.15, -0.1) is 0 Å². The maximum Gasteiger partial charge on any atom is 0.157 e. The van der Waals surface area contributed by atoms with Gasteiger partial charge in [0.25, 0.3) is 0 Å². The summed E-state index contributed by atoms with van der Waals surface area (Å²) in [5, 5.41) is 0. The zero-order chi connectivity index (χ0) is 9.23. The Kier molecular flexibility index (Phi) is 8.95. The van der Waals surface area contributed by atoms with Crippen molar-refractivity contribution in [1.29, 1.82) is 0 Å². The van der Waals surface area contributed by atoms with Gasteiger partial charge in [0.05, 0.1) is 0 Å². The van der Waals surface area contributed by atoms with E-state index in [1.54, 1.807) is 0 Å². The average molecular weight is 173 g/mol. The standard InChI is InChI=1S/C10H21O2/c1-4-7-10(11-8-5-2)12-9-6-3/h10H,1,4-9H2,2-3H3. The summed E-state index contributed by atoms with van der Waals surface area (Å²) in [5.74, 6) is 0. The van der Waals surface area contributed by atoms with E-state index < -0.39 is 0 Å². The summed E-state index contributed by atoms with van der Waals surface area (Å²) in [4.78, 5) is 0. The minimum absolute atomic E-state index is 0.0256. The number of rotatable bonds is 8. The molecule has 0 saturated heterocycles. The number of ether oxygens (including phenoxy) is 2. The van der Waals surface area contributed by atoms with Crippen LogP contribution in [0.15, 0.2) is 0 Å². The Bertz CT molecular complexity index is 75.9. The minimum Gasteiger partial charge on any atom is -0.353 e. The van der Waals surface area contributed by atoms with E-state index >= 15 is 0 Å². The molecule has 0 bridgehead atoms. The van der Waals surface area contributed by atoms with Crippen LogP contribution in [0.1, 0.15) is 39.5 Å². The van der Waals surface area contributed by atoms with E-state index in [0.29, 0.717) is 0 Å². The normalized spacial score (nSPS) is 11.0. The summed E-state index contributed by atoms with van der Waals surface area (Å²) in [6.45, 7) is 9.55. The molecule has 2 heteroatoms. The summed E-state index contributed by atoms with van der Waals surface area (Å²) < 4.78 is 10.9. The van der Waals surface area contributed by atoms with Crippen LogP contribution in [0, 0.1) is 6.92 Å². The molecule has 0 rings (SSSR count). The first kappa shape index (κ1) is 11.9. The minimum atomic E-state index is -0.0256. The quantitative estimate of drug-likeness (QED) is 0.525. The molecule has 0 aliphatic carbocycles. The molecular weight excluding hydrogens is 152 g/mol. The third kappa shape index (κ3) is 6.62. The Morgan fingerprint density at radius 2 is 1.58 bits per heavy atom. The van der Waals surface area contributed by atoms with Gasteiger partial charge in [0.2, 0.25) is 0 Å². The van der Waals surface area contributed by atoms with E-state index in [4.69, 9.17) is 9.47 Å². The van der Waals surface area contributed by atoms with E-state index in [2.05, 4.69) is 20.8 Å². The van der Waals surface area contributed by atoms with Gasteiger partial charge in [-0.1, -0.05) is 20.8 Å². The molecule has 0 aliphatic heterocycles. The fourth-order valence-electron chi connectivity index (χ4n) is 0.880. The molecule has 0 N–H and O–H groups in total. The molecule has 0 saturated carbocycles. The monoisotopic (exact) mass is 173 g/mol. The van der Waals surface area contributed by atoms with Crippen molar-refractivity contribution in [3.8, 4) is 0 Å². The highest BCUT2D eigenvalue weighted by Crippen LogP contribution is 2.04. The van der Waals surface area contributed by atoms with Crippen LogP contribution in [0.5, 0.6) is 0 Å². The van der Waals surface area contributed by atoms with Gasteiger partial charge in [-0.3, -0.25) is 0 Å². The smallest absolute Gasteiger partial charge is 0.157 e. The SMILES string of the molecule is [CH2]CCC(OCCC)OCCC. The molecule has 0 spiro atoms. The lowest BCUT2D eigenvalue weighted by molar-refractivity contribution is -0.145. The van der Waals surface area contributed by atoms with Gasteiger partial charge in [0.1, 0.15) is 0 Å². The Balaban J connectivity index is 3.40. The van der Waals surface area contributed by atoms with Gasteiger partial charge in [-0.05, 0) is 25.7 Å². The van der Waals surface area contributed by atoms with E-state index in [0.717, 1.165) is 38.9 Å². The Morgan fingerprint density at radius 1 is 1.08 bits per heavy atom. The highest BCUT2D eigenvalue weighted by molar-refractivity contribution is 4.48. The third-order valence-electron chi connectivity index (χ3n) is 1.46. The predicted molar refractivity (Wildman–Crippen MR) is 50.9 cm³/mol. The van der Waals surface area contributed by atoms with Crippen LogP contribution >= 0.6 is 0 Å². The molecule has 0 atom stereocenters. The van der Waals surface area contributed by atoms with E-state index in [-0.39, 0.29) is 6.29 Å². The highest BCUT2D eigenvalue weighted by Gasteiger charge is 2.05. The van der Waals surface area contributed by atoms with Crippen LogP contribution in [-0.2, 0) is 9.47 Å². The lowest BCUT2D eigenvalue weighted by Gasteiger charge is -2.16. The van der Waals surface area contributed by atoms with Crippen LogP contribution in [0.25, 0.3) is 0 Å². The van der Waals surface area contributed by atoms with Crippen molar-refractivity contribution in [3.63, 3.8) is 0 Å². The molecular formula is C10H21O2. The molecule has 1 radical (unpaired) electrons. The molecule has 12 heavy (non-hydrogen) atoms. The Morgan fingerprint density at radius 3 is 1.92 bits per heavy atom. The molecule has 0 amide bonds. The number of hydrogen-bond donors (Lipinski definition) is 0. The van der Waals surface area contributed by atoms with Crippen LogP contribution in [-0.4, -0.2) is 19.5 Å². The van der Waals surface area contributed by atoms with Gasteiger partial charge >= 0.3 is 0 Å². The fourth-order valence-corrected chi connectivity index (χ4v) is 0.880. The van der Waals surface area contributed by atoms with E-state index in [1.165, 1.54) is 0 Å². The van der Waals surface area contributed by atoms with E-state index in [1.807, 2.05) is 0 Å². The van der Waals surface area contributed by atoms with Gasteiger partial charge in [0.15, 0.2) is 6.29 Å². The lowest BCUT2D eigenvalue weighted by atomic mass is 10.3. The molecule has 2 nitrogen and oxygen atoms in total. The summed E-state index contributed by atoms with van der Waals surface area (Å²) >= 11 is 0. The topological polar surface area (TPSA) is 18.5 Å². The van der Waals surface area contributed by atoms with Crippen molar-refractivity contribution in [1.82, 2.24) is 0 Å². The molecule has 0 fully saturated rings. The predicted octanol–water partition coefficient (Wildman–Crippen LogP) is 2.78. The number of hydrogen-bond acceptors (Lipinski definition) is 2. The molecule has 0 unspecified atom stereocenters. The average Bonchev–Trinajstić information content (AvgIpc) is 2.10. The molecule has 0 heterocycles. The zero-order valence-electron chi connectivity index (χ0n) is 8.34. The summed E-state index contributed by atoms with van der Waals surface area (Å²) in [5.41, 5.74) is 0. The lowest BCUT2D eigenvalue weighted by Crippen LogP contribution is -2.18. The first-order valence-corrected chi connectivity index (χ1v) is 4.87. The molecule has 0 aliphatic rings. The van der Waals surface area contributed by atoms with Gasteiger partial charge < -0.3 is 9.47 Å². The van der Waals surface area contributed by atoms with Crippen molar-refractivity contribution in [2.45, 2.75) is 45.8 Å². The van der Waals surface area contributed by atoms with Crippen molar-refractivity contribution in [2.24, 2.45) is 0 Å². The van der Waals surface area contributed by atoms with E-state index in [9.17, 15) is 0 Å². The second kappa shape index (κ2) is 9.01. The largest absolute Gasteiger partial charge is 0.353 e. The highest BCUT2D eigenvalue weighted by atomic mass is 16.7. The van der Waals surface area contributed by atoms with Crippen molar-refractivity contribution in [3.05, 3.63) is 6.92 Å². The molecule has 73 valence electrons. The maximum absolute atomic E-state index is 5.47. The summed E-state index contributed by atoms with van der Waals surface area (Å²) in [7, 11) is 0. The van der Waals surface area contributed by atoms with Crippen molar-refractivity contribution >= 4 is 0 Å².